The largest absolute Gasteiger partial charge is 0.360 e. The Labute approximate surface area is 130 Å². The van der Waals surface area contributed by atoms with Crippen LogP contribution < -0.4 is 0 Å². The first-order chi connectivity index (χ1) is 10.8. The lowest BCUT2D eigenvalue weighted by Gasteiger charge is -2.00. The fourth-order valence-electron chi connectivity index (χ4n) is 2.14. The summed E-state index contributed by atoms with van der Waals surface area (Å²) in [5, 5.41) is 9.08. The van der Waals surface area contributed by atoms with Crippen LogP contribution in [0.2, 0.25) is 0 Å². The summed E-state index contributed by atoms with van der Waals surface area (Å²) in [6.07, 6.45) is 11.0. The zero-order chi connectivity index (χ0) is 14.9. The Morgan fingerprint density at radius 3 is 2.91 bits per heavy atom. The summed E-state index contributed by atoms with van der Waals surface area (Å²) in [5.41, 5.74) is 2.58. The fourth-order valence-corrected chi connectivity index (χ4v) is 2.98. The third-order valence-electron chi connectivity index (χ3n) is 3.19. The van der Waals surface area contributed by atoms with E-state index in [0.717, 1.165) is 27.7 Å². The minimum Gasteiger partial charge on any atom is -0.360 e. The molecule has 0 fully saturated rings. The van der Waals surface area contributed by atoms with E-state index < -0.39 is 0 Å². The number of fused-ring (bicyclic) bond motifs is 1. The van der Waals surface area contributed by atoms with Crippen LogP contribution >= 0.6 is 11.8 Å². The molecule has 4 aromatic heterocycles. The third-order valence-corrected chi connectivity index (χ3v) is 4.18. The Balaban J connectivity index is 1.52. The van der Waals surface area contributed by atoms with Crippen molar-refractivity contribution < 1.29 is 4.52 Å². The number of hydrogen-bond acceptors (Lipinski definition) is 6. The van der Waals surface area contributed by atoms with Crippen LogP contribution in [0.4, 0.5) is 0 Å². The van der Waals surface area contributed by atoms with E-state index in [-0.39, 0.29) is 0 Å². The second kappa shape index (κ2) is 5.30. The van der Waals surface area contributed by atoms with Crippen LogP contribution in [0.15, 0.2) is 52.8 Å². The number of hydrogen-bond donors (Lipinski definition) is 0. The standard InChI is InChI=1S/C14H12N6OS/c1-19-8-10(7-17-19)12-6-11(21-18-12)9-22-14-13-15-2-4-20(13)5-3-16-14/h2-8H,9H2,1H3. The smallest absolute Gasteiger partial charge is 0.169 e. The van der Waals surface area contributed by atoms with Crippen molar-refractivity contribution in [1.82, 2.24) is 29.3 Å². The van der Waals surface area contributed by atoms with E-state index in [4.69, 9.17) is 4.52 Å². The Hall–Kier alpha value is -2.61. The van der Waals surface area contributed by atoms with Crippen LogP contribution in [-0.2, 0) is 12.8 Å². The molecule has 0 bridgehead atoms. The first-order valence-electron chi connectivity index (χ1n) is 6.65. The quantitative estimate of drug-likeness (QED) is 0.539. The molecule has 0 atom stereocenters. The van der Waals surface area contributed by atoms with Gasteiger partial charge in [0.05, 0.1) is 11.9 Å². The highest BCUT2D eigenvalue weighted by atomic mass is 32.2. The SMILES string of the molecule is Cn1cc(-c2cc(CSc3nccn4ccnc34)on2)cn1. The molecule has 0 aliphatic heterocycles. The van der Waals surface area contributed by atoms with Gasteiger partial charge in [-0.05, 0) is 0 Å². The highest BCUT2D eigenvalue weighted by Crippen LogP contribution is 2.26. The maximum Gasteiger partial charge on any atom is 0.169 e. The molecular weight excluding hydrogens is 300 g/mol. The van der Waals surface area contributed by atoms with E-state index in [2.05, 4.69) is 20.2 Å². The van der Waals surface area contributed by atoms with Crippen molar-refractivity contribution in [2.75, 3.05) is 0 Å². The number of imidazole rings is 1. The molecule has 0 N–H and O–H groups in total. The summed E-state index contributed by atoms with van der Waals surface area (Å²) >= 11 is 1.57. The van der Waals surface area contributed by atoms with Gasteiger partial charge in [0.2, 0.25) is 0 Å². The Bertz CT molecular complexity index is 924. The summed E-state index contributed by atoms with van der Waals surface area (Å²) < 4.78 is 9.06. The molecule has 4 aromatic rings. The molecule has 4 heterocycles. The minimum atomic E-state index is 0.646. The van der Waals surface area contributed by atoms with Crippen molar-refractivity contribution in [1.29, 1.82) is 0 Å². The molecule has 4 rings (SSSR count). The van der Waals surface area contributed by atoms with Gasteiger partial charge in [0.25, 0.3) is 0 Å². The van der Waals surface area contributed by atoms with Gasteiger partial charge in [-0.1, -0.05) is 16.9 Å². The van der Waals surface area contributed by atoms with Crippen molar-refractivity contribution in [3.05, 3.63) is 49.0 Å². The first-order valence-corrected chi connectivity index (χ1v) is 7.63. The minimum absolute atomic E-state index is 0.646. The Morgan fingerprint density at radius 1 is 1.23 bits per heavy atom. The summed E-state index contributed by atoms with van der Waals surface area (Å²) in [6.45, 7) is 0. The van der Waals surface area contributed by atoms with Crippen molar-refractivity contribution in [2.45, 2.75) is 10.8 Å². The molecule has 0 amide bonds. The fraction of sp³-hybridized carbons (Fsp3) is 0.143. The lowest BCUT2D eigenvalue weighted by atomic mass is 10.2. The molecule has 0 aliphatic carbocycles. The summed E-state index contributed by atoms with van der Waals surface area (Å²) in [6, 6.07) is 1.93. The first kappa shape index (κ1) is 13.1. The molecule has 0 saturated heterocycles. The second-order valence-electron chi connectivity index (χ2n) is 4.76. The van der Waals surface area contributed by atoms with E-state index in [0.29, 0.717) is 5.75 Å². The Morgan fingerprint density at radius 2 is 2.09 bits per heavy atom. The molecule has 0 aromatic carbocycles. The van der Waals surface area contributed by atoms with Crippen molar-refractivity contribution in [3.8, 4) is 11.3 Å². The number of thioether (sulfide) groups is 1. The van der Waals surface area contributed by atoms with Gasteiger partial charge in [-0.25, -0.2) is 9.97 Å². The van der Waals surface area contributed by atoms with Gasteiger partial charge in [0.15, 0.2) is 5.65 Å². The maximum absolute atomic E-state index is 5.38. The van der Waals surface area contributed by atoms with Gasteiger partial charge in [-0.15, -0.1) is 0 Å². The number of aromatic nitrogens is 6. The van der Waals surface area contributed by atoms with Crippen molar-refractivity contribution >= 4 is 17.4 Å². The molecule has 0 aliphatic rings. The van der Waals surface area contributed by atoms with Crippen LogP contribution in [0, 0.1) is 0 Å². The number of aryl methyl sites for hydroxylation is 1. The van der Waals surface area contributed by atoms with Gasteiger partial charge in [-0.3, -0.25) is 4.68 Å². The second-order valence-corrected chi connectivity index (χ2v) is 5.72. The van der Waals surface area contributed by atoms with Crippen molar-refractivity contribution in [3.63, 3.8) is 0 Å². The molecule has 110 valence electrons. The maximum atomic E-state index is 5.38. The lowest BCUT2D eigenvalue weighted by Crippen LogP contribution is -1.89. The van der Waals surface area contributed by atoms with Crippen LogP contribution in [0.25, 0.3) is 16.9 Å². The molecule has 8 heteroatoms. The zero-order valence-electron chi connectivity index (χ0n) is 11.7. The molecular formula is C14H12N6OS. The van der Waals surface area contributed by atoms with Crippen LogP contribution in [0.1, 0.15) is 5.76 Å². The molecule has 7 nitrogen and oxygen atoms in total. The average Bonchev–Trinajstić information content (AvgIpc) is 3.24. The summed E-state index contributed by atoms with van der Waals surface area (Å²) in [4.78, 5) is 8.68. The number of nitrogens with zero attached hydrogens (tertiary/aromatic N) is 6. The van der Waals surface area contributed by atoms with Crippen LogP contribution in [0.3, 0.4) is 0 Å². The summed E-state index contributed by atoms with van der Waals surface area (Å²) in [5.74, 6) is 1.44. The van der Waals surface area contributed by atoms with Crippen molar-refractivity contribution in [2.24, 2.45) is 7.05 Å². The Kier molecular flexibility index (Phi) is 3.15. The molecule has 0 unspecified atom stereocenters. The molecule has 0 spiro atoms. The van der Waals surface area contributed by atoms with Crippen LogP contribution in [0.5, 0.6) is 0 Å². The van der Waals surface area contributed by atoms with Gasteiger partial charge in [0.1, 0.15) is 16.5 Å². The van der Waals surface area contributed by atoms with E-state index in [1.807, 2.05) is 36.1 Å². The highest BCUT2D eigenvalue weighted by Gasteiger charge is 2.10. The zero-order valence-corrected chi connectivity index (χ0v) is 12.6. The normalized spacial score (nSPS) is 11.3. The molecule has 0 saturated carbocycles. The van der Waals surface area contributed by atoms with E-state index in [9.17, 15) is 0 Å². The molecule has 0 radical (unpaired) electrons. The van der Waals surface area contributed by atoms with E-state index >= 15 is 0 Å². The topological polar surface area (TPSA) is 74.0 Å². The third kappa shape index (κ3) is 2.37. The van der Waals surface area contributed by atoms with Gasteiger partial charge < -0.3 is 8.92 Å². The van der Waals surface area contributed by atoms with Gasteiger partial charge >= 0.3 is 0 Å². The predicted octanol–water partition coefficient (Wildman–Crippen LogP) is 2.41. The molecule has 22 heavy (non-hydrogen) atoms. The van der Waals surface area contributed by atoms with Crippen LogP contribution in [-0.4, -0.2) is 29.3 Å². The average molecular weight is 312 g/mol. The predicted molar refractivity (Wildman–Crippen MR) is 81.3 cm³/mol. The lowest BCUT2D eigenvalue weighted by molar-refractivity contribution is 0.397. The summed E-state index contributed by atoms with van der Waals surface area (Å²) in [7, 11) is 1.87. The van der Waals surface area contributed by atoms with E-state index in [1.165, 1.54) is 0 Å². The van der Waals surface area contributed by atoms with E-state index in [1.54, 1.807) is 35.0 Å². The number of rotatable bonds is 4. The van der Waals surface area contributed by atoms with Gasteiger partial charge in [-0.2, -0.15) is 5.10 Å². The van der Waals surface area contributed by atoms with Gasteiger partial charge in [0, 0.05) is 49.7 Å². The monoisotopic (exact) mass is 312 g/mol. The highest BCUT2D eigenvalue weighted by molar-refractivity contribution is 7.98.